The Balaban J connectivity index is 3.60. The molecule has 0 rings (SSSR count). The first-order valence-electron chi connectivity index (χ1n) is 15.9. The number of nitrogens with one attached hydrogen (secondary N) is 1. The SMILES string of the molecule is CCCCCCCC/C=C\CCCCCCCC(=O)NC(CO)C(O)CCCCCCCCCCC. The first kappa shape index (κ1) is 35.1. The molecule has 0 bridgehead atoms. The van der Waals surface area contributed by atoms with Gasteiger partial charge in [0.05, 0.1) is 18.8 Å². The van der Waals surface area contributed by atoms with Gasteiger partial charge in [0.1, 0.15) is 0 Å². The monoisotopic (exact) mass is 509 g/mol. The predicted molar refractivity (Wildman–Crippen MR) is 156 cm³/mol. The molecule has 0 spiro atoms. The molecule has 36 heavy (non-hydrogen) atoms. The predicted octanol–water partition coefficient (Wildman–Crippen LogP) is 8.78. The molecule has 0 aromatic carbocycles. The van der Waals surface area contributed by atoms with E-state index >= 15 is 0 Å². The van der Waals surface area contributed by atoms with Crippen LogP contribution in [0.2, 0.25) is 0 Å². The number of unbranched alkanes of at least 4 members (excludes halogenated alkanes) is 19. The summed E-state index contributed by atoms with van der Waals surface area (Å²) in [6, 6.07) is -0.533. The third-order valence-electron chi connectivity index (χ3n) is 7.28. The maximum Gasteiger partial charge on any atom is 0.220 e. The van der Waals surface area contributed by atoms with Gasteiger partial charge in [0, 0.05) is 6.42 Å². The topological polar surface area (TPSA) is 69.6 Å². The average Bonchev–Trinajstić information content (AvgIpc) is 2.88. The van der Waals surface area contributed by atoms with Gasteiger partial charge in [-0.3, -0.25) is 4.79 Å². The molecule has 1 amide bonds. The van der Waals surface area contributed by atoms with Crippen molar-refractivity contribution < 1.29 is 15.0 Å². The highest BCUT2D eigenvalue weighted by Gasteiger charge is 2.19. The summed E-state index contributed by atoms with van der Waals surface area (Å²) >= 11 is 0. The van der Waals surface area contributed by atoms with Crippen LogP contribution >= 0.6 is 0 Å². The summed E-state index contributed by atoms with van der Waals surface area (Å²) in [7, 11) is 0. The Morgan fingerprint density at radius 1 is 0.639 bits per heavy atom. The number of allylic oxidation sites excluding steroid dienone is 2. The van der Waals surface area contributed by atoms with Crippen molar-refractivity contribution >= 4 is 5.91 Å². The molecule has 0 heterocycles. The molecule has 0 radical (unpaired) electrons. The smallest absolute Gasteiger partial charge is 0.220 e. The van der Waals surface area contributed by atoms with Crippen molar-refractivity contribution in [3.05, 3.63) is 12.2 Å². The molecule has 4 nitrogen and oxygen atoms in total. The summed E-state index contributed by atoms with van der Waals surface area (Å²) in [4.78, 5) is 12.2. The van der Waals surface area contributed by atoms with Gasteiger partial charge in [-0.25, -0.2) is 0 Å². The third kappa shape index (κ3) is 24.8. The summed E-state index contributed by atoms with van der Waals surface area (Å²) < 4.78 is 0. The summed E-state index contributed by atoms with van der Waals surface area (Å²) in [5.74, 6) is -0.0437. The van der Waals surface area contributed by atoms with Crippen LogP contribution < -0.4 is 5.32 Å². The van der Waals surface area contributed by atoms with Crippen molar-refractivity contribution in [1.29, 1.82) is 0 Å². The van der Waals surface area contributed by atoms with E-state index in [0.29, 0.717) is 12.8 Å². The number of amides is 1. The Labute approximate surface area is 225 Å². The van der Waals surface area contributed by atoms with Crippen LogP contribution in [-0.4, -0.2) is 34.9 Å². The van der Waals surface area contributed by atoms with Gasteiger partial charge >= 0.3 is 0 Å². The Kier molecular flexibility index (Phi) is 28.0. The molecular formula is C32H63NO3. The van der Waals surface area contributed by atoms with Crippen LogP contribution in [0.1, 0.15) is 168 Å². The molecule has 0 saturated carbocycles. The highest BCUT2D eigenvalue weighted by atomic mass is 16.3. The molecule has 0 aliphatic carbocycles. The zero-order chi connectivity index (χ0) is 26.5. The first-order chi connectivity index (χ1) is 17.7. The van der Waals surface area contributed by atoms with Crippen molar-refractivity contribution in [2.45, 2.75) is 180 Å². The zero-order valence-corrected chi connectivity index (χ0v) is 24.3. The minimum atomic E-state index is -0.655. The quantitative estimate of drug-likeness (QED) is 0.0729. The summed E-state index contributed by atoms with van der Waals surface area (Å²) in [6.07, 6.45) is 32.5. The molecule has 214 valence electrons. The molecule has 2 atom stereocenters. The summed E-state index contributed by atoms with van der Waals surface area (Å²) in [5, 5.41) is 22.8. The Morgan fingerprint density at radius 3 is 1.53 bits per heavy atom. The fourth-order valence-corrected chi connectivity index (χ4v) is 4.76. The molecule has 0 saturated heterocycles. The summed E-state index contributed by atoms with van der Waals surface area (Å²) in [5.41, 5.74) is 0. The number of rotatable bonds is 28. The fourth-order valence-electron chi connectivity index (χ4n) is 4.76. The number of hydrogen-bond donors (Lipinski definition) is 3. The number of hydrogen-bond acceptors (Lipinski definition) is 3. The van der Waals surface area contributed by atoms with Crippen LogP contribution in [-0.2, 0) is 4.79 Å². The second-order valence-corrected chi connectivity index (χ2v) is 10.9. The van der Waals surface area contributed by atoms with Crippen molar-refractivity contribution in [2.24, 2.45) is 0 Å². The number of carbonyl (C=O) groups excluding carboxylic acids is 1. The molecule has 0 aromatic heterocycles. The van der Waals surface area contributed by atoms with Gasteiger partial charge in [-0.15, -0.1) is 0 Å². The van der Waals surface area contributed by atoms with E-state index in [0.717, 1.165) is 25.7 Å². The number of aliphatic hydroxyl groups is 2. The third-order valence-corrected chi connectivity index (χ3v) is 7.28. The fraction of sp³-hybridized carbons (Fsp3) is 0.906. The van der Waals surface area contributed by atoms with Gasteiger partial charge in [0.15, 0.2) is 0 Å². The molecule has 2 unspecified atom stereocenters. The van der Waals surface area contributed by atoms with Crippen LogP contribution in [0.3, 0.4) is 0 Å². The van der Waals surface area contributed by atoms with Crippen molar-refractivity contribution in [2.75, 3.05) is 6.61 Å². The van der Waals surface area contributed by atoms with E-state index in [1.54, 1.807) is 0 Å². The molecule has 4 heteroatoms. The minimum Gasteiger partial charge on any atom is -0.394 e. The number of carbonyl (C=O) groups is 1. The van der Waals surface area contributed by atoms with E-state index in [4.69, 9.17) is 0 Å². The van der Waals surface area contributed by atoms with Crippen molar-refractivity contribution in [3.8, 4) is 0 Å². The van der Waals surface area contributed by atoms with Crippen LogP contribution in [0.15, 0.2) is 12.2 Å². The highest BCUT2D eigenvalue weighted by Crippen LogP contribution is 2.13. The summed E-state index contributed by atoms with van der Waals surface area (Å²) in [6.45, 7) is 4.31. The largest absolute Gasteiger partial charge is 0.394 e. The van der Waals surface area contributed by atoms with Gasteiger partial charge in [-0.2, -0.15) is 0 Å². The lowest BCUT2D eigenvalue weighted by atomic mass is 10.0. The molecule has 0 aromatic rings. The Morgan fingerprint density at radius 2 is 1.06 bits per heavy atom. The van der Waals surface area contributed by atoms with Crippen LogP contribution in [0, 0.1) is 0 Å². The molecule has 0 fully saturated rings. The zero-order valence-electron chi connectivity index (χ0n) is 24.3. The number of aliphatic hydroxyl groups excluding tert-OH is 2. The van der Waals surface area contributed by atoms with E-state index in [-0.39, 0.29) is 12.5 Å². The molecular weight excluding hydrogens is 446 g/mol. The minimum absolute atomic E-state index is 0.0437. The Hall–Kier alpha value is -0.870. The van der Waals surface area contributed by atoms with Crippen molar-refractivity contribution in [3.63, 3.8) is 0 Å². The van der Waals surface area contributed by atoms with E-state index in [1.165, 1.54) is 116 Å². The van der Waals surface area contributed by atoms with E-state index < -0.39 is 12.1 Å². The van der Waals surface area contributed by atoms with E-state index in [1.807, 2.05) is 0 Å². The van der Waals surface area contributed by atoms with E-state index in [2.05, 4.69) is 31.3 Å². The maximum absolute atomic E-state index is 12.2. The van der Waals surface area contributed by atoms with Crippen LogP contribution in [0.25, 0.3) is 0 Å². The van der Waals surface area contributed by atoms with Crippen LogP contribution in [0.4, 0.5) is 0 Å². The molecule has 0 aliphatic heterocycles. The van der Waals surface area contributed by atoms with Crippen LogP contribution in [0.5, 0.6) is 0 Å². The molecule has 3 N–H and O–H groups in total. The lowest BCUT2D eigenvalue weighted by molar-refractivity contribution is -0.123. The average molecular weight is 510 g/mol. The lowest BCUT2D eigenvalue weighted by Crippen LogP contribution is -2.45. The maximum atomic E-state index is 12.2. The first-order valence-corrected chi connectivity index (χ1v) is 15.9. The second kappa shape index (κ2) is 28.7. The van der Waals surface area contributed by atoms with E-state index in [9.17, 15) is 15.0 Å². The normalized spacial score (nSPS) is 13.3. The standard InChI is InChI=1S/C32H63NO3/c1-3-5-7-9-11-13-14-15-16-17-18-20-22-24-26-28-32(36)33-30(29-34)31(35)27-25-23-21-19-12-10-8-6-4-2/h15-16,30-31,34-35H,3-14,17-29H2,1-2H3,(H,33,36)/b16-15-. The highest BCUT2D eigenvalue weighted by molar-refractivity contribution is 5.76. The lowest BCUT2D eigenvalue weighted by Gasteiger charge is -2.22. The van der Waals surface area contributed by atoms with Gasteiger partial charge in [-0.1, -0.05) is 135 Å². The van der Waals surface area contributed by atoms with Gasteiger partial charge < -0.3 is 15.5 Å². The van der Waals surface area contributed by atoms with Gasteiger partial charge in [-0.05, 0) is 38.5 Å². The molecule has 0 aliphatic rings. The Bertz CT molecular complexity index is 480. The van der Waals surface area contributed by atoms with Gasteiger partial charge in [0.2, 0.25) is 5.91 Å². The second-order valence-electron chi connectivity index (χ2n) is 10.9. The van der Waals surface area contributed by atoms with Crippen molar-refractivity contribution in [1.82, 2.24) is 5.32 Å². The van der Waals surface area contributed by atoms with Gasteiger partial charge in [0.25, 0.3) is 0 Å².